The maximum atomic E-state index is 13.0. The molecule has 1 aromatic carbocycles. The van der Waals surface area contributed by atoms with Gasteiger partial charge in [0, 0.05) is 5.56 Å². The van der Waals surface area contributed by atoms with Gasteiger partial charge >= 0.3 is 0 Å². The van der Waals surface area contributed by atoms with E-state index >= 15 is 0 Å². The average molecular weight is 186 g/mol. The van der Waals surface area contributed by atoms with Crippen LogP contribution < -0.4 is 0 Å². The zero-order chi connectivity index (χ0) is 8.77. The van der Waals surface area contributed by atoms with E-state index in [0.717, 1.165) is 0 Å². The van der Waals surface area contributed by atoms with Gasteiger partial charge in [-0.05, 0) is 11.6 Å². The van der Waals surface area contributed by atoms with Gasteiger partial charge in [-0.2, -0.15) is 0 Å². The fourth-order valence-corrected chi connectivity index (χ4v) is 3.02. The quantitative estimate of drug-likeness (QED) is 0.611. The molecule has 0 fully saturated rings. The van der Waals surface area contributed by atoms with E-state index in [1.807, 2.05) is 0 Å². The molecule has 4 heteroatoms. The number of halogens is 1. The van der Waals surface area contributed by atoms with Crippen LogP contribution in [0.15, 0.2) is 18.2 Å². The Kier molecular flexibility index (Phi) is 1.48. The van der Waals surface area contributed by atoms with Crippen molar-refractivity contribution in [1.82, 2.24) is 0 Å². The molecule has 0 saturated carbocycles. The second-order valence-corrected chi connectivity index (χ2v) is 4.97. The van der Waals surface area contributed by atoms with Crippen molar-refractivity contribution in [2.45, 2.75) is 11.5 Å². The third-order valence-corrected chi connectivity index (χ3v) is 3.43. The van der Waals surface area contributed by atoms with Crippen molar-refractivity contribution in [3.8, 4) is 0 Å². The second kappa shape index (κ2) is 2.29. The topological polar surface area (TPSA) is 34.1 Å². The predicted octanol–water partition coefficient (Wildman–Crippen LogP) is 1.25. The summed E-state index contributed by atoms with van der Waals surface area (Å²) < 4.78 is 35.1. The molecule has 0 unspecified atom stereocenters. The molecule has 1 aromatic rings. The maximum Gasteiger partial charge on any atom is 0.158 e. The van der Waals surface area contributed by atoms with Crippen molar-refractivity contribution < 1.29 is 12.8 Å². The first-order valence-electron chi connectivity index (χ1n) is 3.55. The zero-order valence-electron chi connectivity index (χ0n) is 6.25. The number of sulfone groups is 1. The Hall–Kier alpha value is -0.900. The van der Waals surface area contributed by atoms with Crippen LogP contribution in [0.5, 0.6) is 0 Å². The Morgan fingerprint density at radius 1 is 1.25 bits per heavy atom. The summed E-state index contributed by atoms with van der Waals surface area (Å²) in [4.78, 5) is 0. The average Bonchev–Trinajstić information content (AvgIpc) is 2.25. The lowest BCUT2D eigenvalue weighted by Gasteiger charge is -1.95. The van der Waals surface area contributed by atoms with Gasteiger partial charge in [0.25, 0.3) is 0 Å². The van der Waals surface area contributed by atoms with Crippen molar-refractivity contribution >= 4 is 9.84 Å². The van der Waals surface area contributed by atoms with Crippen molar-refractivity contribution in [2.75, 3.05) is 0 Å². The summed E-state index contributed by atoms with van der Waals surface area (Å²) in [6.45, 7) is 0. The summed E-state index contributed by atoms with van der Waals surface area (Å²) in [6, 6.07) is 4.48. The number of benzene rings is 1. The van der Waals surface area contributed by atoms with Gasteiger partial charge in [0.1, 0.15) is 5.82 Å². The van der Waals surface area contributed by atoms with Gasteiger partial charge in [-0.3, -0.25) is 0 Å². The molecular weight excluding hydrogens is 179 g/mol. The summed E-state index contributed by atoms with van der Waals surface area (Å²) in [5, 5.41) is 0. The van der Waals surface area contributed by atoms with E-state index in [9.17, 15) is 12.8 Å². The minimum atomic E-state index is -3.07. The van der Waals surface area contributed by atoms with Gasteiger partial charge in [-0.25, -0.2) is 12.8 Å². The molecule has 2 rings (SSSR count). The van der Waals surface area contributed by atoms with Crippen LogP contribution in [-0.4, -0.2) is 8.42 Å². The summed E-state index contributed by atoms with van der Waals surface area (Å²) >= 11 is 0. The van der Waals surface area contributed by atoms with Gasteiger partial charge in [0.15, 0.2) is 9.84 Å². The lowest BCUT2D eigenvalue weighted by atomic mass is 10.1. The van der Waals surface area contributed by atoms with Crippen LogP contribution in [0.3, 0.4) is 0 Å². The molecule has 1 aliphatic heterocycles. The second-order valence-electron chi connectivity index (χ2n) is 2.91. The molecule has 12 heavy (non-hydrogen) atoms. The van der Waals surface area contributed by atoms with Crippen LogP contribution in [0.4, 0.5) is 4.39 Å². The molecular formula is C8H7FO2S. The Labute approximate surface area is 69.9 Å². The maximum absolute atomic E-state index is 13.0. The predicted molar refractivity (Wildman–Crippen MR) is 42.7 cm³/mol. The van der Waals surface area contributed by atoms with E-state index in [2.05, 4.69) is 0 Å². The summed E-state index contributed by atoms with van der Waals surface area (Å²) in [5.41, 5.74) is 0.951. The first-order chi connectivity index (χ1) is 5.58. The molecule has 1 heterocycles. The highest BCUT2D eigenvalue weighted by Gasteiger charge is 2.26. The smallest absolute Gasteiger partial charge is 0.158 e. The summed E-state index contributed by atoms with van der Waals surface area (Å²) in [6.07, 6.45) is 0. The van der Waals surface area contributed by atoms with E-state index in [0.29, 0.717) is 11.1 Å². The van der Waals surface area contributed by atoms with Crippen LogP contribution in [0.25, 0.3) is 0 Å². The van der Waals surface area contributed by atoms with Crippen molar-refractivity contribution in [3.05, 3.63) is 35.1 Å². The van der Waals surface area contributed by atoms with E-state index in [4.69, 9.17) is 0 Å². The van der Waals surface area contributed by atoms with Crippen LogP contribution >= 0.6 is 0 Å². The molecule has 0 spiro atoms. The van der Waals surface area contributed by atoms with E-state index in [1.54, 1.807) is 6.07 Å². The summed E-state index contributed by atoms with van der Waals surface area (Å²) in [5.74, 6) is -0.566. The van der Waals surface area contributed by atoms with Crippen LogP contribution in [0.2, 0.25) is 0 Å². The number of hydrogen-bond acceptors (Lipinski definition) is 2. The van der Waals surface area contributed by atoms with Crippen molar-refractivity contribution in [1.29, 1.82) is 0 Å². The van der Waals surface area contributed by atoms with Gasteiger partial charge in [-0.1, -0.05) is 12.1 Å². The Balaban J connectivity index is 2.63. The molecule has 64 valence electrons. The van der Waals surface area contributed by atoms with Gasteiger partial charge in [-0.15, -0.1) is 0 Å². The SMILES string of the molecule is O=S1(=O)Cc2cccc(F)c2C1. The molecule has 0 N–H and O–H groups in total. The molecule has 2 nitrogen and oxygen atoms in total. The number of fused-ring (bicyclic) bond motifs is 1. The lowest BCUT2D eigenvalue weighted by Crippen LogP contribution is -1.96. The van der Waals surface area contributed by atoms with Crippen molar-refractivity contribution in [3.63, 3.8) is 0 Å². The molecule has 0 atom stereocenters. The fourth-order valence-electron chi connectivity index (χ4n) is 1.41. The minimum absolute atomic E-state index is 0.0138. The molecule has 0 saturated heterocycles. The molecule has 0 aliphatic carbocycles. The van der Waals surface area contributed by atoms with E-state index in [1.165, 1.54) is 12.1 Å². The fraction of sp³-hybridized carbons (Fsp3) is 0.250. The summed E-state index contributed by atoms with van der Waals surface area (Å²) in [7, 11) is -3.07. The third kappa shape index (κ3) is 1.12. The molecule has 0 aromatic heterocycles. The van der Waals surface area contributed by atoms with Crippen molar-refractivity contribution in [2.24, 2.45) is 0 Å². The minimum Gasteiger partial charge on any atom is -0.228 e. The van der Waals surface area contributed by atoms with Gasteiger partial charge in [0.05, 0.1) is 11.5 Å². The highest BCUT2D eigenvalue weighted by atomic mass is 32.2. The molecule has 1 aliphatic rings. The molecule has 0 bridgehead atoms. The number of hydrogen-bond donors (Lipinski definition) is 0. The molecule has 0 amide bonds. The Morgan fingerprint density at radius 3 is 2.67 bits per heavy atom. The largest absolute Gasteiger partial charge is 0.228 e. The first-order valence-corrected chi connectivity index (χ1v) is 5.37. The molecule has 0 radical (unpaired) electrons. The zero-order valence-corrected chi connectivity index (χ0v) is 7.07. The monoisotopic (exact) mass is 186 g/mol. The van der Waals surface area contributed by atoms with Crippen LogP contribution in [-0.2, 0) is 21.3 Å². The van der Waals surface area contributed by atoms with Gasteiger partial charge in [0.2, 0.25) is 0 Å². The Morgan fingerprint density at radius 2 is 2.00 bits per heavy atom. The van der Waals surface area contributed by atoms with E-state index < -0.39 is 15.7 Å². The van der Waals surface area contributed by atoms with Gasteiger partial charge < -0.3 is 0 Å². The highest BCUT2D eigenvalue weighted by Crippen LogP contribution is 2.26. The number of rotatable bonds is 0. The standard InChI is InChI=1S/C8H7FO2S/c9-8-3-1-2-6-4-12(10,11)5-7(6)8/h1-3H,4-5H2. The van der Waals surface area contributed by atoms with Crippen LogP contribution in [0, 0.1) is 5.82 Å². The highest BCUT2D eigenvalue weighted by molar-refractivity contribution is 7.90. The first kappa shape index (κ1) is 7.73. The lowest BCUT2D eigenvalue weighted by molar-refractivity contribution is 0.593. The Bertz CT molecular complexity index is 423. The third-order valence-electron chi connectivity index (χ3n) is 1.96. The normalized spacial score (nSPS) is 19.1. The van der Waals surface area contributed by atoms with E-state index in [-0.39, 0.29) is 11.5 Å². The van der Waals surface area contributed by atoms with Crippen LogP contribution in [0.1, 0.15) is 11.1 Å².